The van der Waals surface area contributed by atoms with Crippen molar-refractivity contribution in [3.8, 4) is 9.75 Å². The Hall–Kier alpha value is -0.383. The first kappa shape index (κ1) is 19.4. The average Bonchev–Trinajstić information content (AvgIpc) is 3.22. The first-order chi connectivity index (χ1) is 12.1. The third kappa shape index (κ3) is 3.57. The molecule has 0 aliphatic carbocycles. The maximum Gasteiger partial charge on any atom is 0.122 e. The van der Waals surface area contributed by atoms with Gasteiger partial charge in [0.15, 0.2) is 0 Å². The molecule has 0 N–H and O–H groups in total. The van der Waals surface area contributed by atoms with Gasteiger partial charge in [0.1, 0.15) is 8.07 Å². The second-order valence-corrected chi connectivity index (χ2v) is 14.7. The van der Waals surface area contributed by atoms with Crippen molar-refractivity contribution in [3.05, 3.63) is 21.9 Å². The van der Waals surface area contributed by atoms with Crippen LogP contribution >= 0.6 is 22.7 Å². The summed E-state index contributed by atoms with van der Waals surface area (Å²) in [5, 5.41) is 3.64. The van der Waals surface area contributed by atoms with Gasteiger partial charge in [0.05, 0.1) is 0 Å². The third-order valence-electron chi connectivity index (χ3n) is 6.09. The Kier molecular flexibility index (Phi) is 6.28. The quantitative estimate of drug-likeness (QED) is 0.405. The molecule has 3 rings (SSSR count). The number of unbranched alkanes of at least 4 members (excludes halogenated alkanes) is 2. The lowest BCUT2D eigenvalue weighted by molar-refractivity contribution is 0.486. The molecule has 1 unspecified atom stereocenters. The number of hydrogen-bond donors (Lipinski definition) is 0. The van der Waals surface area contributed by atoms with E-state index in [2.05, 4.69) is 69.4 Å². The molecule has 138 valence electrons. The fraction of sp³-hybridized carbons (Fsp3) is 0.636. The third-order valence-corrected chi connectivity index (χ3v) is 14.0. The van der Waals surface area contributed by atoms with Crippen molar-refractivity contribution in [2.24, 2.45) is 5.92 Å². The summed E-state index contributed by atoms with van der Waals surface area (Å²) in [4.78, 5) is 6.38. The van der Waals surface area contributed by atoms with Crippen LogP contribution in [0.25, 0.3) is 9.75 Å². The fourth-order valence-electron chi connectivity index (χ4n) is 4.73. The van der Waals surface area contributed by atoms with E-state index in [9.17, 15) is 0 Å². The van der Waals surface area contributed by atoms with Gasteiger partial charge in [-0.3, -0.25) is 0 Å². The van der Waals surface area contributed by atoms with Crippen molar-refractivity contribution in [1.82, 2.24) is 0 Å². The van der Waals surface area contributed by atoms with Gasteiger partial charge in [0, 0.05) is 19.5 Å². The molecule has 0 nitrogen and oxygen atoms in total. The van der Waals surface area contributed by atoms with Crippen molar-refractivity contribution in [2.45, 2.75) is 85.2 Å². The van der Waals surface area contributed by atoms with Gasteiger partial charge in [0.25, 0.3) is 0 Å². The van der Waals surface area contributed by atoms with Gasteiger partial charge in [-0.15, -0.1) is 22.7 Å². The van der Waals surface area contributed by atoms with Crippen LogP contribution in [0.5, 0.6) is 0 Å². The van der Waals surface area contributed by atoms with E-state index < -0.39 is 8.07 Å². The first-order valence-electron chi connectivity index (χ1n) is 10.3. The van der Waals surface area contributed by atoms with Crippen LogP contribution in [0, 0.1) is 19.8 Å². The molecule has 0 spiro atoms. The van der Waals surface area contributed by atoms with Gasteiger partial charge >= 0.3 is 0 Å². The highest BCUT2D eigenvalue weighted by Gasteiger charge is 2.47. The molecule has 25 heavy (non-hydrogen) atoms. The Labute approximate surface area is 163 Å². The highest BCUT2D eigenvalue weighted by molar-refractivity contribution is 7.29. The molecule has 3 heterocycles. The zero-order valence-corrected chi connectivity index (χ0v) is 19.3. The molecule has 0 amide bonds. The van der Waals surface area contributed by atoms with Gasteiger partial charge in [-0.2, -0.15) is 0 Å². The van der Waals surface area contributed by atoms with E-state index >= 15 is 0 Å². The maximum atomic E-state index is 2.59. The van der Waals surface area contributed by atoms with Crippen molar-refractivity contribution >= 4 is 41.1 Å². The van der Waals surface area contributed by atoms with Gasteiger partial charge < -0.3 is 0 Å². The minimum Gasteiger partial charge on any atom is -0.140 e. The van der Waals surface area contributed by atoms with Crippen LogP contribution < -0.4 is 10.4 Å². The second kappa shape index (κ2) is 8.10. The van der Waals surface area contributed by atoms with Crippen LogP contribution in [0.2, 0.25) is 12.1 Å². The molecule has 0 saturated heterocycles. The summed E-state index contributed by atoms with van der Waals surface area (Å²) < 4.78 is 0. The van der Waals surface area contributed by atoms with Crippen LogP contribution in [-0.2, 0) is 0 Å². The molecule has 0 fully saturated rings. The Bertz CT molecular complexity index is 663. The highest BCUT2D eigenvalue weighted by atomic mass is 32.1. The van der Waals surface area contributed by atoms with E-state index in [0.717, 1.165) is 5.92 Å². The average molecular weight is 391 g/mol. The molecular formula is C22H34S2Si. The Balaban J connectivity index is 2.06. The summed E-state index contributed by atoms with van der Waals surface area (Å²) in [6.45, 7) is 11.8. The SMILES string of the molecule is CCCCC(CC)C[Si]1(CCCC)c2cc(C)sc2-c2sc(C)cc21. The van der Waals surface area contributed by atoms with Crippen molar-refractivity contribution < 1.29 is 0 Å². The summed E-state index contributed by atoms with van der Waals surface area (Å²) in [5.74, 6) is 0.919. The van der Waals surface area contributed by atoms with Crippen LogP contribution in [0.15, 0.2) is 12.1 Å². The van der Waals surface area contributed by atoms with Crippen molar-refractivity contribution in [1.29, 1.82) is 0 Å². The topological polar surface area (TPSA) is 0 Å². The van der Waals surface area contributed by atoms with Crippen LogP contribution in [0.4, 0.5) is 0 Å². The van der Waals surface area contributed by atoms with E-state index in [4.69, 9.17) is 0 Å². The lowest BCUT2D eigenvalue weighted by Gasteiger charge is -2.32. The maximum absolute atomic E-state index is 2.59. The molecule has 1 atom stereocenters. The molecule has 2 aromatic heterocycles. The standard InChI is InChI=1S/C22H34S2Si/c1-6-9-11-18(8-3)15-25(12-10-7-2)19-13-16(4)23-21(19)22-20(25)14-17(5)24-22/h13-14,18H,6-12,15H2,1-5H3. The molecule has 0 aromatic carbocycles. The smallest absolute Gasteiger partial charge is 0.122 e. The zero-order valence-electron chi connectivity index (χ0n) is 16.7. The Morgan fingerprint density at radius 2 is 1.44 bits per heavy atom. The summed E-state index contributed by atoms with van der Waals surface area (Å²) in [6, 6.07) is 8.15. The van der Waals surface area contributed by atoms with Crippen molar-refractivity contribution in [2.75, 3.05) is 0 Å². The van der Waals surface area contributed by atoms with E-state index in [1.807, 2.05) is 10.4 Å². The molecule has 0 bridgehead atoms. The first-order valence-corrected chi connectivity index (χ1v) is 14.3. The highest BCUT2D eigenvalue weighted by Crippen LogP contribution is 2.43. The normalized spacial score (nSPS) is 16.0. The second-order valence-electron chi connectivity index (χ2n) is 8.01. The summed E-state index contributed by atoms with van der Waals surface area (Å²) in [6.07, 6.45) is 8.27. The molecule has 0 saturated carbocycles. The van der Waals surface area contributed by atoms with Crippen LogP contribution in [-0.4, -0.2) is 8.07 Å². The number of fused-ring (bicyclic) bond motifs is 3. The van der Waals surface area contributed by atoms with Gasteiger partial charge in [-0.25, -0.2) is 0 Å². The molecule has 0 radical (unpaired) electrons. The predicted molar refractivity (Wildman–Crippen MR) is 120 cm³/mol. The lowest BCUT2D eigenvalue weighted by Crippen LogP contribution is -2.55. The van der Waals surface area contributed by atoms with Crippen LogP contribution in [0.1, 0.15) is 69.1 Å². The molecule has 2 aromatic rings. The molecule has 1 aliphatic rings. The number of aryl methyl sites for hydroxylation is 2. The van der Waals surface area contributed by atoms with Gasteiger partial charge in [-0.05, 0) is 54.4 Å². The number of thiophene rings is 2. The largest absolute Gasteiger partial charge is 0.140 e. The summed E-state index contributed by atoms with van der Waals surface area (Å²) in [5.41, 5.74) is 0. The van der Waals surface area contributed by atoms with E-state index in [1.165, 1.54) is 60.4 Å². The Morgan fingerprint density at radius 3 is 1.92 bits per heavy atom. The minimum absolute atomic E-state index is 0.919. The van der Waals surface area contributed by atoms with E-state index in [-0.39, 0.29) is 0 Å². The predicted octanol–water partition coefficient (Wildman–Crippen LogP) is 6.99. The lowest BCUT2D eigenvalue weighted by atomic mass is 10.0. The van der Waals surface area contributed by atoms with Crippen LogP contribution in [0.3, 0.4) is 0 Å². The molecular weight excluding hydrogens is 356 g/mol. The van der Waals surface area contributed by atoms with E-state index in [0.29, 0.717) is 0 Å². The molecule has 1 aliphatic heterocycles. The van der Waals surface area contributed by atoms with E-state index in [1.54, 1.807) is 9.75 Å². The number of hydrogen-bond acceptors (Lipinski definition) is 2. The minimum atomic E-state index is -1.57. The van der Waals surface area contributed by atoms with Crippen molar-refractivity contribution in [3.63, 3.8) is 0 Å². The summed E-state index contributed by atoms with van der Waals surface area (Å²) >= 11 is 4.13. The zero-order chi connectivity index (χ0) is 18.0. The van der Waals surface area contributed by atoms with Gasteiger partial charge in [-0.1, -0.05) is 59.3 Å². The number of rotatable bonds is 9. The fourth-order valence-corrected chi connectivity index (χ4v) is 14.6. The molecule has 3 heteroatoms. The monoisotopic (exact) mass is 390 g/mol. The summed E-state index contributed by atoms with van der Waals surface area (Å²) in [7, 11) is -1.57. The van der Waals surface area contributed by atoms with Gasteiger partial charge in [0.2, 0.25) is 0 Å². The Morgan fingerprint density at radius 1 is 0.880 bits per heavy atom.